The zero-order valence-electron chi connectivity index (χ0n) is 17.6. The van der Waals surface area contributed by atoms with Crippen LogP contribution < -0.4 is 9.64 Å². The number of amides is 1. The Morgan fingerprint density at radius 2 is 1.76 bits per heavy atom. The van der Waals surface area contributed by atoms with Gasteiger partial charge < -0.3 is 9.64 Å². The molecule has 0 fully saturated rings. The van der Waals surface area contributed by atoms with Crippen LogP contribution in [0.15, 0.2) is 42.5 Å². The Hall–Kier alpha value is -2.44. The van der Waals surface area contributed by atoms with Gasteiger partial charge in [0.15, 0.2) is 5.13 Å². The first-order chi connectivity index (χ1) is 14.1. The van der Waals surface area contributed by atoms with Crippen LogP contribution in [0, 0.1) is 0 Å². The monoisotopic (exact) mass is 411 g/mol. The van der Waals surface area contributed by atoms with E-state index in [1.54, 1.807) is 18.4 Å². The largest absolute Gasteiger partial charge is 0.497 e. The van der Waals surface area contributed by atoms with E-state index in [-0.39, 0.29) is 5.91 Å². The fourth-order valence-corrected chi connectivity index (χ4v) is 4.30. The second-order valence-electron chi connectivity index (χ2n) is 6.86. The van der Waals surface area contributed by atoms with Crippen LogP contribution in [-0.2, 0) is 6.42 Å². The van der Waals surface area contributed by atoms with E-state index in [0.29, 0.717) is 12.1 Å². The number of likely N-dealkylation sites (N-methyl/N-ethyl adjacent to an activating group) is 1. The summed E-state index contributed by atoms with van der Waals surface area (Å²) in [5.74, 6) is 0.706. The minimum atomic E-state index is -0.0328. The molecule has 5 nitrogen and oxygen atoms in total. The molecule has 3 aromatic rings. The fourth-order valence-electron chi connectivity index (χ4n) is 3.25. The minimum absolute atomic E-state index is 0.0328. The quantitative estimate of drug-likeness (QED) is 0.505. The van der Waals surface area contributed by atoms with E-state index >= 15 is 0 Å². The summed E-state index contributed by atoms with van der Waals surface area (Å²) in [6.45, 7) is 9.76. The van der Waals surface area contributed by atoms with E-state index in [1.165, 1.54) is 5.56 Å². The molecule has 3 rings (SSSR count). The second kappa shape index (κ2) is 9.85. The van der Waals surface area contributed by atoms with Crippen molar-refractivity contribution in [3.63, 3.8) is 0 Å². The molecule has 2 aromatic carbocycles. The number of carbonyl (C=O) groups is 1. The summed E-state index contributed by atoms with van der Waals surface area (Å²) in [7, 11) is 1.62. The first-order valence-corrected chi connectivity index (χ1v) is 11.0. The topological polar surface area (TPSA) is 45.7 Å². The van der Waals surface area contributed by atoms with Gasteiger partial charge in [-0.3, -0.25) is 9.69 Å². The molecule has 0 aliphatic rings. The molecule has 0 unspecified atom stereocenters. The Morgan fingerprint density at radius 3 is 2.38 bits per heavy atom. The molecule has 1 heterocycles. The maximum absolute atomic E-state index is 13.4. The van der Waals surface area contributed by atoms with Gasteiger partial charge in [-0.2, -0.15) is 0 Å². The molecule has 0 bridgehead atoms. The second-order valence-corrected chi connectivity index (χ2v) is 7.87. The van der Waals surface area contributed by atoms with Gasteiger partial charge in [-0.1, -0.05) is 38.2 Å². The SMILES string of the molecule is CCc1ccc2nc(N(CCN(CC)CC)C(=O)c3ccc(OC)cc3)sc2c1. The highest BCUT2D eigenvalue weighted by Crippen LogP contribution is 2.31. The molecule has 29 heavy (non-hydrogen) atoms. The number of fused-ring (bicyclic) bond motifs is 1. The van der Waals surface area contributed by atoms with Crippen molar-refractivity contribution in [2.24, 2.45) is 0 Å². The number of benzene rings is 2. The molecule has 154 valence electrons. The van der Waals surface area contributed by atoms with E-state index in [1.807, 2.05) is 29.2 Å². The molecule has 0 aliphatic carbocycles. The van der Waals surface area contributed by atoms with E-state index in [4.69, 9.17) is 9.72 Å². The van der Waals surface area contributed by atoms with Crippen molar-refractivity contribution in [2.45, 2.75) is 27.2 Å². The van der Waals surface area contributed by atoms with Gasteiger partial charge in [-0.05, 0) is 61.5 Å². The standard InChI is InChI=1S/C23H29N3O2S/c1-5-17-8-13-20-21(16-17)29-23(24-20)26(15-14-25(6-2)7-3)22(27)18-9-11-19(28-4)12-10-18/h8-13,16H,5-7,14-15H2,1-4H3. The van der Waals surface area contributed by atoms with Crippen LogP contribution in [0.3, 0.4) is 0 Å². The predicted molar refractivity (Wildman–Crippen MR) is 121 cm³/mol. The van der Waals surface area contributed by atoms with Gasteiger partial charge >= 0.3 is 0 Å². The average molecular weight is 412 g/mol. The van der Waals surface area contributed by atoms with E-state index in [2.05, 4.69) is 43.9 Å². The minimum Gasteiger partial charge on any atom is -0.497 e. The highest BCUT2D eigenvalue weighted by molar-refractivity contribution is 7.22. The van der Waals surface area contributed by atoms with Crippen molar-refractivity contribution >= 4 is 32.6 Å². The predicted octanol–water partition coefficient (Wildman–Crippen LogP) is 4.86. The van der Waals surface area contributed by atoms with Crippen molar-refractivity contribution in [3.05, 3.63) is 53.6 Å². The van der Waals surface area contributed by atoms with E-state index in [0.717, 1.165) is 47.2 Å². The zero-order valence-corrected chi connectivity index (χ0v) is 18.5. The average Bonchev–Trinajstić information content (AvgIpc) is 3.19. The van der Waals surface area contributed by atoms with Crippen LogP contribution in [0.4, 0.5) is 5.13 Å². The van der Waals surface area contributed by atoms with Gasteiger partial charge in [-0.15, -0.1) is 0 Å². The lowest BCUT2D eigenvalue weighted by Gasteiger charge is -2.24. The normalized spacial score (nSPS) is 11.2. The molecule has 6 heteroatoms. The summed E-state index contributed by atoms with van der Waals surface area (Å²) >= 11 is 1.58. The number of aromatic nitrogens is 1. The van der Waals surface area contributed by atoms with Gasteiger partial charge in [0.25, 0.3) is 5.91 Å². The molecule has 0 saturated carbocycles. The van der Waals surface area contributed by atoms with Crippen LogP contribution in [0.5, 0.6) is 5.75 Å². The van der Waals surface area contributed by atoms with Gasteiger partial charge in [-0.25, -0.2) is 4.98 Å². The summed E-state index contributed by atoms with van der Waals surface area (Å²) in [5, 5.41) is 0.751. The zero-order chi connectivity index (χ0) is 20.8. The summed E-state index contributed by atoms with van der Waals surface area (Å²) in [5.41, 5.74) is 2.86. The number of aryl methyl sites for hydroxylation is 1. The van der Waals surface area contributed by atoms with Gasteiger partial charge in [0.2, 0.25) is 0 Å². The molecular weight excluding hydrogens is 382 g/mol. The Balaban J connectivity index is 1.94. The van der Waals surface area contributed by atoms with Crippen LogP contribution in [-0.4, -0.2) is 49.1 Å². The number of methoxy groups -OCH3 is 1. The molecule has 0 spiro atoms. The first-order valence-electron chi connectivity index (χ1n) is 10.2. The third-order valence-electron chi connectivity index (χ3n) is 5.20. The third-order valence-corrected chi connectivity index (χ3v) is 6.24. The van der Waals surface area contributed by atoms with Crippen molar-refractivity contribution in [2.75, 3.05) is 38.2 Å². The summed E-state index contributed by atoms with van der Waals surface area (Å²) in [6, 6.07) is 13.6. The number of thiazole rings is 1. The van der Waals surface area contributed by atoms with Gasteiger partial charge in [0, 0.05) is 18.7 Å². The lowest BCUT2D eigenvalue weighted by atomic mass is 10.2. The lowest BCUT2D eigenvalue weighted by Crippen LogP contribution is -2.38. The Morgan fingerprint density at radius 1 is 1.03 bits per heavy atom. The Kier molecular flexibility index (Phi) is 7.23. The highest BCUT2D eigenvalue weighted by Gasteiger charge is 2.22. The Labute approximate surface area is 176 Å². The molecule has 0 radical (unpaired) electrons. The molecule has 0 aliphatic heterocycles. The number of carbonyl (C=O) groups excluding carboxylic acids is 1. The number of anilines is 1. The van der Waals surface area contributed by atoms with Crippen LogP contribution in [0.2, 0.25) is 0 Å². The number of hydrogen-bond acceptors (Lipinski definition) is 5. The molecule has 0 N–H and O–H groups in total. The molecule has 0 saturated heterocycles. The fraction of sp³-hybridized carbons (Fsp3) is 0.391. The maximum atomic E-state index is 13.4. The number of nitrogens with zero attached hydrogens (tertiary/aromatic N) is 3. The summed E-state index contributed by atoms with van der Waals surface area (Å²) in [4.78, 5) is 22.3. The van der Waals surface area contributed by atoms with Gasteiger partial charge in [0.1, 0.15) is 5.75 Å². The molecular formula is C23H29N3O2S. The van der Waals surface area contributed by atoms with Crippen LogP contribution >= 0.6 is 11.3 Å². The highest BCUT2D eigenvalue weighted by atomic mass is 32.1. The van der Waals surface area contributed by atoms with Crippen molar-refractivity contribution in [1.29, 1.82) is 0 Å². The molecule has 1 amide bonds. The Bertz CT molecular complexity index is 948. The van der Waals surface area contributed by atoms with Crippen LogP contribution in [0.25, 0.3) is 10.2 Å². The summed E-state index contributed by atoms with van der Waals surface area (Å²) in [6.07, 6.45) is 0.986. The lowest BCUT2D eigenvalue weighted by molar-refractivity contribution is 0.0983. The van der Waals surface area contributed by atoms with E-state index < -0.39 is 0 Å². The van der Waals surface area contributed by atoms with Crippen molar-refractivity contribution < 1.29 is 9.53 Å². The van der Waals surface area contributed by atoms with E-state index in [9.17, 15) is 4.79 Å². The molecule has 0 atom stereocenters. The van der Waals surface area contributed by atoms with Crippen molar-refractivity contribution in [3.8, 4) is 5.75 Å². The van der Waals surface area contributed by atoms with Gasteiger partial charge in [0.05, 0.1) is 17.3 Å². The number of hydrogen-bond donors (Lipinski definition) is 0. The summed E-state index contributed by atoms with van der Waals surface area (Å²) < 4.78 is 6.34. The molecule has 1 aromatic heterocycles. The first kappa shape index (κ1) is 21.3. The number of rotatable bonds is 9. The maximum Gasteiger partial charge on any atom is 0.260 e. The smallest absolute Gasteiger partial charge is 0.260 e. The third kappa shape index (κ3) is 4.95. The van der Waals surface area contributed by atoms with Crippen LogP contribution in [0.1, 0.15) is 36.7 Å². The van der Waals surface area contributed by atoms with Crippen molar-refractivity contribution in [1.82, 2.24) is 9.88 Å². The number of ether oxygens (including phenoxy) is 1.